The predicted octanol–water partition coefficient (Wildman–Crippen LogP) is 1.71. The van der Waals surface area contributed by atoms with Crippen LogP contribution in [0.25, 0.3) is 6.08 Å². The average molecular weight is 262 g/mol. The number of hydrogen-bond acceptors (Lipinski definition) is 3. The Morgan fingerprint density at radius 3 is 2.68 bits per heavy atom. The molecule has 1 amide bonds. The Bertz CT molecular complexity index is 507. The van der Waals surface area contributed by atoms with E-state index in [1.54, 1.807) is 38.1 Å². The summed E-state index contributed by atoms with van der Waals surface area (Å²) in [6.07, 6.45) is 2.51. The number of carboxylic acids is 1. The summed E-state index contributed by atoms with van der Waals surface area (Å²) in [6.45, 7) is 3.77. The van der Waals surface area contributed by atoms with Crippen molar-refractivity contribution in [1.29, 1.82) is 0 Å². The van der Waals surface area contributed by atoms with E-state index >= 15 is 0 Å². The summed E-state index contributed by atoms with van der Waals surface area (Å²) in [5, 5.41) is 11.3. The van der Waals surface area contributed by atoms with Crippen LogP contribution < -0.4 is 11.1 Å². The van der Waals surface area contributed by atoms with E-state index < -0.39 is 11.4 Å². The van der Waals surface area contributed by atoms with Crippen LogP contribution in [0.1, 0.15) is 19.4 Å². The van der Waals surface area contributed by atoms with Gasteiger partial charge in [0, 0.05) is 18.3 Å². The summed E-state index contributed by atoms with van der Waals surface area (Å²) in [7, 11) is 0. The van der Waals surface area contributed by atoms with Crippen molar-refractivity contribution in [2.45, 2.75) is 13.8 Å². The van der Waals surface area contributed by atoms with Gasteiger partial charge in [0.05, 0.1) is 5.41 Å². The molecule has 0 aromatic heterocycles. The van der Waals surface area contributed by atoms with Crippen molar-refractivity contribution in [2.75, 3.05) is 11.9 Å². The fourth-order valence-corrected chi connectivity index (χ4v) is 1.28. The highest BCUT2D eigenvalue weighted by atomic mass is 16.4. The van der Waals surface area contributed by atoms with E-state index in [0.717, 1.165) is 6.08 Å². The van der Waals surface area contributed by atoms with E-state index in [9.17, 15) is 9.59 Å². The van der Waals surface area contributed by atoms with E-state index in [0.29, 0.717) is 11.3 Å². The summed E-state index contributed by atoms with van der Waals surface area (Å²) in [5.74, 6) is -1.19. The minimum atomic E-state index is -1.02. The van der Waals surface area contributed by atoms with Crippen molar-refractivity contribution in [2.24, 2.45) is 11.1 Å². The van der Waals surface area contributed by atoms with Gasteiger partial charge >= 0.3 is 5.97 Å². The van der Waals surface area contributed by atoms with Gasteiger partial charge in [0.1, 0.15) is 0 Å². The quantitative estimate of drug-likeness (QED) is 0.704. The third kappa shape index (κ3) is 4.56. The van der Waals surface area contributed by atoms with Crippen molar-refractivity contribution in [3.8, 4) is 0 Å². The largest absolute Gasteiger partial charge is 0.478 e. The highest BCUT2D eigenvalue weighted by molar-refractivity contribution is 5.95. The Morgan fingerprint density at radius 2 is 2.11 bits per heavy atom. The van der Waals surface area contributed by atoms with Crippen molar-refractivity contribution >= 4 is 23.6 Å². The van der Waals surface area contributed by atoms with Crippen molar-refractivity contribution in [3.63, 3.8) is 0 Å². The van der Waals surface area contributed by atoms with Crippen molar-refractivity contribution < 1.29 is 14.7 Å². The second-order valence-corrected chi connectivity index (χ2v) is 4.84. The van der Waals surface area contributed by atoms with Gasteiger partial charge in [0.25, 0.3) is 0 Å². The highest BCUT2D eigenvalue weighted by Gasteiger charge is 2.25. The molecule has 5 heteroatoms. The molecule has 1 aromatic carbocycles. The zero-order chi connectivity index (χ0) is 14.5. The molecule has 0 unspecified atom stereocenters. The Hall–Kier alpha value is -2.14. The molecule has 0 heterocycles. The molecule has 0 aliphatic heterocycles. The van der Waals surface area contributed by atoms with Gasteiger partial charge < -0.3 is 16.2 Å². The summed E-state index contributed by atoms with van der Waals surface area (Å²) in [6, 6.07) is 6.93. The molecule has 0 spiro atoms. The van der Waals surface area contributed by atoms with Crippen LogP contribution in [0.4, 0.5) is 5.69 Å². The molecule has 0 atom stereocenters. The van der Waals surface area contributed by atoms with Gasteiger partial charge in [-0.1, -0.05) is 12.1 Å². The van der Waals surface area contributed by atoms with E-state index in [1.807, 2.05) is 0 Å². The minimum absolute atomic E-state index is 0.172. The van der Waals surface area contributed by atoms with Crippen LogP contribution >= 0.6 is 0 Å². The van der Waals surface area contributed by atoms with Crippen LogP contribution in [-0.2, 0) is 9.59 Å². The highest BCUT2D eigenvalue weighted by Crippen LogP contribution is 2.18. The van der Waals surface area contributed by atoms with E-state index in [2.05, 4.69) is 5.32 Å². The smallest absolute Gasteiger partial charge is 0.328 e. The maximum absolute atomic E-state index is 11.9. The van der Waals surface area contributed by atoms with Gasteiger partial charge in [-0.2, -0.15) is 0 Å². The van der Waals surface area contributed by atoms with E-state index in [-0.39, 0.29) is 12.5 Å². The van der Waals surface area contributed by atoms with Crippen LogP contribution in [-0.4, -0.2) is 23.5 Å². The summed E-state index contributed by atoms with van der Waals surface area (Å²) >= 11 is 0. The van der Waals surface area contributed by atoms with Gasteiger partial charge in [-0.15, -0.1) is 0 Å². The number of carbonyl (C=O) groups excluding carboxylic acids is 1. The molecule has 0 fully saturated rings. The Kier molecular flexibility index (Phi) is 4.83. The molecule has 1 rings (SSSR count). The molecule has 0 bridgehead atoms. The normalized spacial score (nSPS) is 11.5. The van der Waals surface area contributed by atoms with Crippen molar-refractivity contribution in [3.05, 3.63) is 35.9 Å². The van der Waals surface area contributed by atoms with Crippen LogP contribution in [0, 0.1) is 5.41 Å². The van der Waals surface area contributed by atoms with Crippen LogP contribution in [0.3, 0.4) is 0 Å². The number of rotatable bonds is 5. The topological polar surface area (TPSA) is 92.4 Å². The van der Waals surface area contributed by atoms with Gasteiger partial charge in [-0.25, -0.2) is 4.79 Å². The lowest BCUT2D eigenvalue weighted by Crippen LogP contribution is -2.37. The van der Waals surface area contributed by atoms with Gasteiger partial charge in [-0.05, 0) is 37.6 Å². The molecular weight excluding hydrogens is 244 g/mol. The molecule has 1 aromatic rings. The number of carbonyl (C=O) groups is 2. The fourth-order valence-electron chi connectivity index (χ4n) is 1.28. The zero-order valence-corrected chi connectivity index (χ0v) is 11.0. The lowest BCUT2D eigenvalue weighted by molar-refractivity contribution is -0.131. The average Bonchev–Trinajstić information content (AvgIpc) is 2.36. The number of benzene rings is 1. The molecule has 0 saturated heterocycles. The lowest BCUT2D eigenvalue weighted by atomic mass is 9.92. The molecule has 5 nitrogen and oxygen atoms in total. The molecule has 0 aliphatic rings. The summed E-state index contributed by atoms with van der Waals surface area (Å²) < 4.78 is 0. The molecule has 19 heavy (non-hydrogen) atoms. The number of amides is 1. The second-order valence-electron chi connectivity index (χ2n) is 4.84. The monoisotopic (exact) mass is 262 g/mol. The molecule has 0 radical (unpaired) electrons. The molecule has 0 aliphatic carbocycles. The molecule has 0 saturated carbocycles. The standard InChI is InChI=1S/C14H18N2O3/c1-14(2,9-15)13(19)16-11-5-3-4-10(8-11)6-7-12(17)18/h3-8H,9,15H2,1-2H3,(H,16,19)(H,17,18)/b7-6+. The van der Waals surface area contributed by atoms with Gasteiger partial charge in [0.2, 0.25) is 5.91 Å². The first kappa shape index (κ1) is 14.9. The maximum atomic E-state index is 11.9. The summed E-state index contributed by atoms with van der Waals surface area (Å²) in [4.78, 5) is 22.4. The van der Waals surface area contributed by atoms with Crippen LogP contribution in [0.15, 0.2) is 30.3 Å². The Balaban J connectivity index is 2.83. The first-order valence-corrected chi connectivity index (χ1v) is 5.88. The van der Waals surface area contributed by atoms with E-state index in [1.165, 1.54) is 6.08 Å². The van der Waals surface area contributed by atoms with E-state index in [4.69, 9.17) is 10.8 Å². The first-order valence-electron chi connectivity index (χ1n) is 5.88. The van der Waals surface area contributed by atoms with Gasteiger partial charge in [0.15, 0.2) is 0 Å². The number of nitrogens with two attached hydrogens (primary N) is 1. The predicted molar refractivity (Wildman–Crippen MR) is 74.6 cm³/mol. The van der Waals surface area contributed by atoms with Crippen molar-refractivity contribution in [1.82, 2.24) is 0 Å². The number of aliphatic carboxylic acids is 1. The number of carboxylic acid groups (broad SMARTS) is 1. The maximum Gasteiger partial charge on any atom is 0.328 e. The Labute approximate surface area is 112 Å². The Morgan fingerprint density at radius 1 is 1.42 bits per heavy atom. The zero-order valence-electron chi connectivity index (χ0n) is 11.0. The molecule has 4 N–H and O–H groups in total. The minimum Gasteiger partial charge on any atom is -0.478 e. The summed E-state index contributed by atoms with van der Waals surface area (Å²) in [5.41, 5.74) is 6.20. The van der Waals surface area contributed by atoms with Gasteiger partial charge in [-0.3, -0.25) is 4.79 Å². The SMILES string of the molecule is CC(C)(CN)C(=O)Nc1cccc(/C=C/C(=O)O)c1. The fraction of sp³-hybridized carbons (Fsp3) is 0.286. The lowest BCUT2D eigenvalue weighted by Gasteiger charge is -2.21. The van der Waals surface area contributed by atoms with Crippen LogP contribution in [0.2, 0.25) is 0 Å². The first-order chi connectivity index (χ1) is 8.85. The third-order valence-corrected chi connectivity index (χ3v) is 2.69. The third-order valence-electron chi connectivity index (χ3n) is 2.69. The number of anilines is 1. The second kappa shape index (κ2) is 6.15. The molecule has 102 valence electrons. The number of nitrogens with one attached hydrogen (secondary N) is 1. The molecular formula is C14H18N2O3. The number of hydrogen-bond donors (Lipinski definition) is 3. The van der Waals surface area contributed by atoms with Crippen LogP contribution in [0.5, 0.6) is 0 Å².